The van der Waals surface area contributed by atoms with Crippen LogP contribution in [-0.4, -0.2) is 52.7 Å². The van der Waals surface area contributed by atoms with Crippen LogP contribution in [0, 0.1) is 17.8 Å². The number of nitrogens with two attached hydrogens (primary N) is 1. The molecule has 1 aliphatic carbocycles. The number of aromatic nitrogens is 2. The first-order chi connectivity index (χ1) is 12.1. The molecule has 0 bridgehead atoms. The zero-order valence-electron chi connectivity index (χ0n) is 15.0. The Morgan fingerprint density at radius 1 is 1.28 bits per heavy atom. The van der Waals surface area contributed by atoms with Gasteiger partial charge in [0.15, 0.2) is 0 Å². The Morgan fingerprint density at radius 3 is 2.68 bits per heavy atom. The number of aryl methyl sites for hydroxylation is 1. The molecule has 2 amide bonds. The Morgan fingerprint density at radius 2 is 2.04 bits per heavy atom. The van der Waals surface area contributed by atoms with Gasteiger partial charge in [-0.2, -0.15) is 5.10 Å². The van der Waals surface area contributed by atoms with Crippen LogP contribution < -0.4 is 11.1 Å². The lowest BCUT2D eigenvalue weighted by Crippen LogP contribution is -2.45. The molecule has 25 heavy (non-hydrogen) atoms. The molecule has 0 spiro atoms. The molecule has 1 saturated heterocycles. The average Bonchev–Trinajstić information content (AvgIpc) is 3.28. The highest BCUT2D eigenvalue weighted by atomic mass is 16.2. The maximum Gasteiger partial charge on any atom is 0.254 e. The van der Waals surface area contributed by atoms with Crippen molar-refractivity contribution in [3.63, 3.8) is 0 Å². The van der Waals surface area contributed by atoms with E-state index in [1.54, 1.807) is 24.1 Å². The fraction of sp³-hybridized carbons (Fsp3) is 0.722. The second-order valence-corrected chi connectivity index (χ2v) is 7.41. The Hall–Kier alpha value is -1.89. The summed E-state index contributed by atoms with van der Waals surface area (Å²) in [5.41, 5.74) is 6.40. The summed E-state index contributed by atoms with van der Waals surface area (Å²) in [5, 5.41) is 7.00. The monoisotopic (exact) mass is 347 g/mol. The number of carbonyl (C=O) groups is 2. The molecular weight excluding hydrogens is 318 g/mol. The van der Waals surface area contributed by atoms with Crippen LogP contribution >= 0.6 is 0 Å². The van der Waals surface area contributed by atoms with E-state index in [9.17, 15) is 9.59 Å². The molecule has 2 atom stereocenters. The standard InChI is InChI=1S/C18H29N5O2/c1-22-12-15(11-21-22)17(24)20-10-13-5-7-23(8-6-13)18(25)16-4-2-3-14(16)9-19/h11-14,16H,2-10,19H2,1H3,(H,20,24)/t14-,16-/m1/s1. The molecule has 2 aliphatic rings. The van der Waals surface area contributed by atoms with Gasteiger partial charge in [-0.25, -0.2) is 0 Å². The molecule has 3 rings (SSSR count). The van der Waals surface area contributed by atoms with E-state index in [0.29, 0.717) is 36.4 Å². The minimum Gasteiger partial charge on any atom is -0.352 e. The van der Waals surface area contributed by atoms with Gasteiger partial charge in [-0.1, -0.05) is 6.42 Å². The molecular formula is C18H29N5O2. The predicted molar refractivity (Wildman–Crippen MR) is 94.7 cm³/mol. The number of carbonyl (C=O) groups excluding carboxylic acids is 2. The average molecular weight is 347 g/mol. The van der Waals surface area contributed by atoms with Crippen LogP contribution in [0.1, 0.15) is 42.5 Å². The van der Waals surface area contributed by atoms with Gasteiger partial charge in [0.25, 0.3) is 5.91 Å². The zero-order valence-corrected chi connectivity index (χ0v) is 15.0. The summed E-state index contributed by atoms with van der Waals surface area (Å²) in [6.07, 6.45) is 8.37. The number of amides is 2. The molecule has 1 aromatic heterocycles. The molecule has 7 heteroatoms. The smallest absolute Gasteiger partial charge is 0.254 e. The van der Waals surface area contributed by atoms with Crippen molar-refractivity contribution in [2.75, 3.05) is 26.2 Å². The summed E-state index contributed by atoms with van der Waals surface area (Å²) in [6, 6.07) is 0. The third kappa shape index (κ3) is 4.21. The van der Waals surface area contributed by atoms with Crippen molar-refractivity contribution in [3.8, 4) is 0 Å². The molecule has 0 aromatic carbocycles. The van der Waals surface area contributed by atoms with Gasteiger partial charge in [-0.05, 0) is 44.1 Å². The number of likely N-dealkylation sites (tertiary alicyclic amines) is 1. The minimum atomic E-state index is -0.0802. The molecule has 1 aromatic rings. The number of rotatable bonds is 5. The van der Waals surface area contributed by atoms with Crippen LogP contribution in [-0.2, 0) is 11.8 Å². The normalized spacial score (nSPS) is 24.5. The van der Waals surface area contributed by atoms with Gasteiger partial charge in [0.05, 0.1) is 11.8 Å². The lowest BCUT2D eigenvalue weighted by molar-refractivity contribution is -0.138. The largest absolute Gasteiger partial charge is 0.352 e. The second-order valence-electron chi connectivity index (χ2n) is 7.41. The Bertz CT molecular complexity index is 606. The Balaban J connectivity index is 1.42. The highest BCUT2D eigenvalue weighted by Crippen LogP contribution is 2.33. The summed E-state index contributed by atoms with van der Waals surface area (Å²) in [4.78, 5) is 26.8. The van der Waals surface area contributed by atoms with E-state index in [2.05, 4.69) is 10.4 Å². The fourth-order valence-electron chi connectivity index (χ4n) is 4.11. The fourth-order valence-corrected chi connectivity index (χ4v) is 4.11. The van der Waals surface area contributed by atoms with Crippen LogP contribution in [0.3, 0.4) is 0 Å². The van der Waals surface area contributed by atoms with E-state index in [1.807, 2.05) is 4.90 Å². The third-order valence-electron chi connectivity index (χ3n) is 5.72. The van der Waals surface area contributed by atoms with Crippen LogP contribution in [0.15, 0.2) is 12.4 Å². The van der Waals surface area contributed by atoms with E-state index in [-0.39, 0.29) is 11.8 Å². The molecule has 1 saturated carbocycles. The van der Waals surface area contributed by atoms with Gasteiger partial charge >= 0.3 is 0 Å². The number of hydrogen-bond acceptors (Lipinski definition) is 4. The van der Waals surface area contributed by atoms with E-state index in [0.717, 1.165) is 45.2 Å². The van der Waals surface area contributed by atoms with E-state index in [1.165, 1.54) is 0 Å². The van der Waals surface area contributed by atoms with Crippen LogP contribution in [0.4, 0.5) is 0 Å². The van der Waals surface area contributed by atoms with Crippen LogP contribution in [0.5, 0.6) is 0 Å². The first-order valence-corrected chi connectivity index (χ1v) is 9.34. The van der Waals surface area contributed by atoms with Crippen molar-refractivity contribution in [1.82, 2.24) is 20.0 Å². The van der Waals surface area contributed by atoms with Gasteiger partial charge in [0.1, 0.15) is 0 Å². The van der Waals surface area contributed by atoms with Gasteiger partial charge in [-0.3, -0.25) is 14.3 Å². The molecule has 2 fully saturated rings. The van der Waals surface area contributed by atoms with E-state index in [4.69, 9.17) is 5.73 Å². The lowest BCUT2D eigenvalue weighted by Gasteiger charge is -2.34. The summed E-state index contributed by atoms with van der Waals surface area (Å²) in [5.74, 6) is 1.14. The Labute approximate surface area is 148 Å². The quantitative estimate of drug-likeness (QED) is 0.822. The topological polar surface area (TPSA) is 93.2 Å². The van der Waals surface area contributed by atoms with E-state index < -0.39 is 0 Å². The first-order valence-electron chi connectivity index (χ1n) is 9.34. The van der Waals surface area contributed by atoms with Gasteiger partial charge in [0.2, 0.25) is 5.91 Å². The summed E-state index contributed by atoms with van der Waals surface area (Å²) in [6.45, 7) is 2.86. The molecule has 0 radical (unpaired) electrons. The van der Waals surface area contributed by atoms with Crippen molar-refractivity contribution in [2.24, 2.45) is 30.5 Å². The highest BCUT2D eigenvalue weighted by Gasteiger charge is 2.35. The molecule has 0 unspecified atom stereocenters. The minimum absolute atomic E-state index is 0.0802. The lowest BCUT2D eigenvalue weighted by atomic mass is 9.91. The predicted octanol–water partition coefficient (Wildman–Crippen LogP) is 0.764. The molecule has 1 aliphatic heterocycles. The molecule has 138 valence electrons. The molecule has 7 nitrogen and oxygen atoms in total. The first kappa shape index (κ1) is 17.9. The highest BCUT2D eigenvalue weighted by molar-refractivity contribution is 5.93. The van der Waals surface area contributed by atoms with Crippen molar-refractivity contribution >= 4 is 11.8 Å². The zero-order chi connectivity index (χ0) is 17.8. The van der Waals surface area contributed by atoms with Crippen molar-refractivity contribution < 1.29 is 9.59 Å². The van der Waals surface area contributed by atoms with Gasteiger partial charge in [0, 0.05) is 38.8 Å². The second kappa shape index (κ2) is 7.99. The molecule has 3 N–H and O–H groups in total. The van der Waals surface area contributed by atoms with Crippen LogP contribution in [0.2, 0.25) is 0 Å². The number of piperidine rings is 1. The summed E-state index contributed by atoms with van der Waals surface area (Å²) >= 11 is 0. The summed E-state index contributed by atoms with van der Waals surface area (Å²) in [7, 11) is 1.79. The number of nitrogens with zero attached hydrogens (tertiary/aromatic N) is 3. The van der Waals surface area contributed by atoms with Gasteiger partial charge in [-0.15, -0.1) is 0 Å². The van der Waals surface area contributed by atoms with Gasteiger partial charge < -0.3 is 16.0 Å². The third-order valence-corrected chi connectivity index (χ3v) is 5.72. The van der Waals surface area contributed by atoms with Crippen LogP contribution in [0.25, 0.3) is 0 Å². The summed E-state index contributed by atoms with van der Waals surface area (Å²) < 4.78 is 1.62. The maximum atomic E-state index is 12.7. The van der Waals surface area contributed by atoms with Crippen molar-refractivity contribution in [3.05, 3.63) is 18.0 Å². The van der Waals surface area contributed by atoms with Crippen molar-refractivity contribution in [1.29, 1.82) is 0 Å². The van der Waals surface area contributed by atoms with E-state index >= 15 is 0 Å². The molecule has 2 heterocycles. The number of hydrogen-bond donors (Lipinski definition) is 2. The number of nitrogens with one attached hydrogen (secondary N) is 1. The van der Waals surface area contributed by atoms with Crippen molar-refractivity contribution in [2.45, 2.75) is 32.1 Å². The Kier molecular flexibility index (Phi) is 5.73. The SMILES string of the molecule is Cn1cc(C(=O)NCC2CCN(C(=O)[C@@H]3CCC[C@@H]3CN)CC2)cn1. The maximum absolute atomic E-state index is 12.7.